The molecule has 0 saturated carbocycles. The molecule has 1 aromatic heterocycles. The second kappa shape index (κ2) is 8.79. The second-order valence-electron chi connectivity index (χ2n) is 8.66. The van der Waals surface area contributed by atoms with Crippen LogP contribution in [0.3, 0.4) is 0 Å². The van der Waals surface area contributed by atoms with Crippen molar-refractivity contribution in [2.24, 2.45) is 0 Å². The lowest BCUT2D eigenvalue weighted by Crippen LogP contribution is -2.36. The quantitative estimate of drug-likeness (QED) is 0.597. The van der Waals surface area contributed by atoms with Crippen molar-refractivity contribution in [2.75, 3.05) is 36.5 Å². The molecule has 6 nitrogen and oxygen atoms in total. The van der Waals surface area contributed by atoms with Crippen molar-refractivity contribution >= 4 is 17.3 Å². The Balaban J connectivity index is 1.46. The highest BCUT2D eigenvalue weighted by Gasteiger charge is 2.36. The van der Waals surface area contributed by atoms with Crippen LogP contribution in [0.15, 0.2) is 42.5 Å². The predicted octanol–water partition coefficient (Wildman–Crippen LogP) is 4.78. The lowest BCUT2D eigenvalue weighted by molar-refractivity contribution is -0.136. The molecule has 3 aromatic rings. The number of nitrogens with one attached hydrogen (secondary N) is 1. The van der Waals surface area contributed by atoms with E-state index in [0.717, 1.165) is 41.4 Å². The van der Waals surface area contributed by atoms with Crippen molar-refractivity contribution in [3.63, 3.8) is 0 Å². The third kappa shape index (κ3) is 4.27. The summed E-state index contributed by atoms with van der Waals surface area (Å²) in [5, 5.41) is 7.00. The molecule has 2 aromatic carbocycles. The minimum atomic E-state index is -4.62. The summed E-state index contributed by atoms with van der Waals surface area (Å²) in [6.07, 6.45) is -2.30. The molecule has 178 valence electrons. The van der Waals surface area contributed by atoms with Gasteiger partial charge in [-0.05, 0) is 56.5 Å². The average Bonchev–Trinajstić information content (AvgIpc) is 3.43. The number of rotatable bonds is 4. The van der Waals surface area contributed by atoms with Crippen LogP contribution in [0.2, 0.25) is 0 Å². The van der Waals surface area contributed by atoms with Gasteiger partial charge in [-0.25, -0.2) is 4.68 Å². The van der Waals surface area contributed by atoms with E-state index in [4.69, 9.17) is 4.74 Å². The van der Waals surface area contributed by atoms with E-state index in [-0.39, 0.29) is 11.4 Å². The molecule has 2 aliphatic rings. The maximum absolute atomic E-state index is 13.9. The van der Waals surface area contributed by atoms with Gasteiger partial charge in [-0.15, -0.1) is 0 Å². The highest BCUT2D eigenvalue weighted by molar-refractivity contribution is 6.04. The summed E-state index contributed by atoms with van der Waals surface area (Å²) < 4.78 is 48.8. The topological polar surface area (TPSA) is 59.4 Å². The van der Waals surface area contributed by atoms with E-state index in [1.165, 1.54) is 6.07 Å². The number of morpholine rings is 1. The number of nitrogens with zero attached hydrogens (tertiary/aromatic N) is 3. The van der Waals surface area contributed by atoms with Gasteiger partial charge in [0.15, 0.2) is 5.69 Å². The van der Waals surface area contributed by atoms with Crippen LogP contribution in [0.25, 0.3) is 5.69 Å². The third-order valence-corrected chi connectivity index (χ3v) is 6.36. The maximum atomic E-state index is 13.9. The average molecular weight is 470 g/mol. The van der Waals surface area contributed by atoms with Crippen LogP contribution in [0.1, 0.15) is 39.3 Å². The summed E-state index contributed by atoms with van der Waals surface area (Å²) in [5.41, 5.74) is 3.16. The zero-order chi connectivity index (χ0) is 23.9. The summed E-state index contributed by atoms with van der Waals surface area (Å²) in [4.78, 5) is 15.0. The van der Waals surface area contributed by atoms with Crippen molar-refractivity contribution in [3.05, 3.63) is 70.5 Å². The molecule has 0 spiro atoms. The molecule has 1 aliphatic heterocycles. The number of aromatic nitrogens is 2. The van der Waals surface area contributed by atoms with E-state index in [1.54, 1.807) is 10.7 Å². The number of amides is 1. The largest absolute Gasteiger partial charge is 0.418 e. The van der Waals surface area contributed by atoms with E-state index < -0.39 is 17.6 Å². The highest BCUT2D eigenvalue weighted by atomic mass is 19.4. The van der Waals surface area contributed by atoms with E-state index in [2.05, 4.69) is 10.4 Å². The minimum absolute atomic E-state index is 0.179. The van der Waals surface area contributed by atoms with Gasteiger partial charge >= 0.3 is 6.18 Å². The summed E-state index contributed by atoms with van der Waals surface area (Å²) >= 11 is 0. The molecule has 34 heavy (non-hydrogen) atoms. The first-order chi connectivity index (χ1) is 16.3. The molecular weight excluding hydrogens is 445 g/mol. The van der Waals surface area contributed by atoms with Crippen LogP contribution in [0.4, 0.5) is 24.5 Å². The number of carbonyl (C=O) groups excluding carboxylic acids is 1. The van der Waals surface area contributed by atoms with E-state index >= 15 is 0 Å². The molecule has 1 N–H and O–H groups in total. The van der Waals surface area contributed by atoms with Crippen LogP contribution in [0, 0.1) is 6.92 Å². The van der Waals surface area contributed by atoms with Gasteiger partial charge in [0.25, 0.3) is 5.91 Å². The van der Waals surface area contributed by atoms with Crippen molar-refractivity contribution in [1.82, 2.24) is 9.78 Å². The van der Waals surface area contributed by atoms with Crippen LogP contribution < -0.4 is 10.2 Å². The summed E-state index contributed by atoms with van der Waals surface area (Å²) in [6.45, 7) is 3.96. The fraction of sp³-hybridized carbons (Fsp3) is 0.360. The van der Waals surface area contributed by atoms with Crippen LogP contribution >= 0.6 is 0 Å². The van der Waals surface area contributed by atoms with Crippen molar-refractivity contribution in [1.29, 1.82) is 0 Å². The van der Waals surface area contributed by atoms with E-state index in [0.29, 0.717) is 38.4 Å². The van der Waals surface area contributed by atoms with Gasteiger partial charge < -0.3 is 15.0 Å². The molecule has 1 amide bonds. The van der Waals surface area contributed by atoms with E-state index in [9.17, 15) is 18.0 Å². The Morgan fingerprint density at radius 2 is 1.74 bits per heavy atom. The number of benzene rings is 2. The lowest BCUT2D eigenvalue weighted by Gasteiger charge is -2.29. The number of hydrogen-bond acceptors (Lipinski definition) is 4. The Morgan fingerprint density at radius 3 is 2.44 bits per heavy atom. The fourth-order valence-corrected chi connectivity index (χ4v) is 4.59. The number of fused-ring (bicyclic) bond motifs is 1. The van der Waals surface area contributed by atoms with Gasteiger partial charge in [-0.2, -0.15) is 18.3 Å². The number of anilines is 2. The standard InChI is InChI=1S/C25H25F3N4O2/c1-16-5-7-17(8-6-16)32-22-4-2-3-19(22)23(30-32)24(33)29-21-10-9-18(15-20(21)25(26,27)28)31-11-13-34-14-12-31/h5-10,15H,2-4,11-14H2,1H3,(H,29,33). The Labute approximate surface area is 195 Å². The van der Waals surface area contributed by atoms with Crippen LogP contribution in [0.5, 0.6) is 0 Å². The number of hydrogen-bond donors (Lipinski definition) is 1. The molecule has 5 rings (SSSR count). The summed E-state index contributed by atoms with van der Waals surface area (Å²) in [7, 11) is 0. The monoisotopic (exact) mass is 470 g/mol. The molecule has 0 atom stereocenters. The molecule has 0 unspecified atom stereocenters. The number of ether oxygens (including phenoxy) is 1. The molecule has 1 aliphatic carbocycles. The first-order valence-electron chi connectivity index (χ1n) is 11.3. The second-order valence-corrected chi connectivity index (χ2v) is 8.66. The van der Waals surface area contributed by atoms with Gasteiger partial charge in [0.2, 0.25) is 0 Å². The van der Waals surface area contributed by atoms with E-state index in [1.807, 2.05) is 36.1 Å². The molecule has 1 fully saturated rings. The first kappa shape index (κ1) is 22.5. The smallest absolute Gasteiger partial charge is 0.378 e. The predicted molar refractivity (Wildman–Crippen MR) is 123 cm³/mol. The number of aryl methyl sites for hydroxylation is 1. The number of halogens is 3. The number of carbonyl (C=O) groups is 1. The Morgan fingerprint density at radius 1 is 1.03 bits per heavy atom. The zero-order valence-electron chi connectivity index (χ0n) is 18.8. The normalized spacial score (nSPS) is 15.9. The Kier molecular flexibility index (Phi) is 5.81. The van der Waals surface area contributed by atoms with Gasteiger partial charge in [0, 0.05) is 30.0 Å². The summed E-state index contributed by atoms with van der Waals surface area (Å²) in [5.74, 6) is -0.631. The van der Waals surface area contributed by atoms with Crippen molar-refractivity contribution < 1.29 is 22.7 Å². The third-order valence-electron chi connectivity index (χ3n) is 6.36. The van der Waals surface area contributed by atoms with Gasteiger partial charge in [-0.1, -0.05) is 17.7 Å². The minimum Gasteiger partial charge on any atom is -0.378 e. The Hall–Kier alpha value is -3.33. The first-order valence-corrected chi connectivity index (χ1v) is 11.3. The molecule has 2 heterocycles. The van der Waals surface area contributed by atoms with Gasteiger partial charge in [0.05, 0.1) is 30.2 Å². The van der Waals surface area contributed by atoms with Crippen molar-refractivity contribution in [3.8, 4) is 5.69 Å². The summed E-state index contributed by atoms with van der Waals surface area (Å²) in [6, 6.07) is 11.8. The van der Waals surface area contributed by atoms with Crippen LogP contribution in [-0.4, -0.2) is 42.0 Å². The Bertz CT molecular complexity index is 1210. The molecule has 9 heteroatoms. The molecule has 0 radical (unpaired) electrons. The fourth-order valence-electron chi connectivity index (χ4n) is 4.59. The van der Waals surface area contributed by atoms with Crippen LogP contribution in [-0.2, 0) is 23.8 Å². The number of alkyl halides is 3. The van der Waals surface area contributed by atoms with Gasteiger partial charge in [0.1, 0.15) is 0 Å². The SMILES string of the molecule is Cc1ccc(-n2nc(C(=O)Nc3ccc(N4CCOCC4)cc3C(F)(F)F)c3c2CCC3)cc1. The van der Waals surface area contributed by atoms with Crippen molar-refractivity contribution in [2.45, 2.75) is 32.4 Å². The molecular formula is C25H25F3N4O2. The lowest BCUT2D eigenvalue weighted by atomic mass is 10.1. The highest BCUT2D eigenvalue weighted by Crippen LogP contribution is 2.38. The zero-order valence-corrected chi connectivity index (χ0v) is 18.8. The molecule has 0 bridgehead atoms. The molecule has 1 saturated heterocycles. The maximum Gasteiger partial charge on any atom is 0.418 e. The van der Waals surface area contributed by atoms with Gasteiger partial charge in [-0.3, -0.25) is 4.79 Å².